The van der Waals surface area contributed by atoms with Gasteiger partial charge in [-0.25, -0.2) is 4.98 Å². The maximum Gasteiger partial charge on any atom is 0.237 e. The molecule has 152 valence electrons. The van der Waals surface area contributed by atoms with Crippen molar-refractivity contribution >= 4 is 51.8 Å². The van der Waals surface area contributed by atoms with Crippen LogP contribution in [-0.4, -0.2) is 40.2 Å². The van der Waals surface area contributed by atoms with Crippen molar-refractivity contribution in [3.05, 3.63) is 53.1 Å². The summed E-state index contributed by atoms with van der Waals surface area (Å²) in [6.45, 7) is 4.49. The zero-order valence-corrected chi connectivity index (χ0v) is 18.0. The number of hydrogen-bond acceptors (Lipinski definition) is 5. The predicted octanol–water partition coefficient (Wildman–Crippen LogP) is 4.66. The van der Waals surface area contributed by atoms with Crippen molar-refractivity contribution in [2.45, 2.75) is 30.8 Å². The minimum absolute atomic E-state index is 0.0122. The van der Waals surface area contributed by atoms with Crippen molar-refractivity contribution in [3.8, 4) is 0 Å². The highest BCUT2D eigenvalue weighted by Gasteiger charge is 2.20. The van der Waals surface area contributed by atoms with Gasteiger partial charge in [0, 0.05) is 29.9 Å². The van der Waals surface area contributed by atoms with E-state index in [-0.39, 0.29) is 16.9 Å². The molecule has 1 atom stereocenters. The number of fused-ring (bicyclic) bond motifs is 1. The van der Waals surface area contributed by atoms with E-state index < -0.39 is 0 Å². The van der Waals surface area contributed by atoms with Gasteiger partial charge in [-0.05, 0) is 56.3 Å². The van der Waals surface area contributed by atoms with E-state index in [1.165, 1.54) is 18.7 Å². The van der Waals surface area contributed by atoms with E-state index >= 15 is 0 Å². The molecule has 1 N–H and O–H groups in total. The van der Waals surface area contributed by atoms with Gasteiger partial charge in [-0.15, -0.1) is 0 Å². The fourth-order valence-electron chi connectivity index (χ4n) is 2.81. The highest BCUT2D eigenvalue weighted by Crippen LogP contribution is 2.29. The molecule has 0 aliphatic heterocycles. The Labute approximate surface area is 178 Å². The Kier molecular flexibility index (Phi) is 6.95. The van der Waals surface area contributed by atoms with Crippen molar-refractivity contribution in [1.29, 1.82) is 0 Å². The van der Waals surface area contributed by atoms with E-state index in [9.17, 15) is 9.59 Å². The number of anilines is 1. The molecule has 1 aromatic heterocycles. The summed E-state index contributed by atoms with van der Waals surface area (Å²) in [5, 5.41) is 3.85. The summed E-state index contributed by atoms with van der Waals surface area (Å²) in [7, 11) is 1.65. The SMILES string of the molecule is COCCn1c(SC(C)C(=O)Nc2ccc(C(C)=O)cc2)nc2cc(Cl)ccc21. The first-order valence-electron chi connectivity index (χ1n) is 9.12. The highest BCUT2D eigenvalue weighted by atomic mass is 35.5. The minimum Gasteiger partial charge on any atom is -0.383 e. The Hall–Kier alpha value is -2.35. The number of amides is 1. The Balaban J connectivity index is 1.76. The van der Waals surface area contributed by atoms with Crippen LogP contribution in [-0.2, 0) is 16.1 Å². The van der Waals surface area contributed by atoms with Crippen molar-refractivity contribution in [1.82, 2.24) is 9.55 Å². The molecule has 0 spiro atoms. The third-order valence-electron chi connectivity index (χ3n) is 4.40. The Bertz CT molecular complexity index is 1030. The number of nitrogens with zero attached hydrogens (tertiary/aromatic N) is 2. The number of thioether (sulfide) groups is 1. The van der Waals surface area contributed by atoms with Gasteiger partial charge in [-0.3, -0.25) is 9.59 Å². The second-order valence-electron chi connectivity index (χ2n) is 6.55. The molecule has 3 aromatic rings. The van der Waals surface area contributed by atoms with E-state index in [0.717, 1.165) is 16.2 Å². The first-order valence-corrected chi connectivity index (χ1v) is 10.4. The average molecular weight is 432 g/mol. The number of imidazole rings is 1. The number of methoxy groups -OCH3 is 1. The number of carbonyl (C=O) groups excluding carboxylic acids is 2. The van der Waals surface area contributed by atoms with Crippen LogP contribution >= 0.6 is 23.4 Å². The number of nitrogens with one attached hydrogen (secondary N) is 1. The minimum atomic E-state index is -0.379. The molecule has 0 aliphatic rings. The van der Waals surface area contributed by atoms with Crippen molar-refractivity contribution in [3.63, 3.8) is 0 Å². The van der Waals surface area contributed by atoms with E-state index in [1.54, 1.807) is 31.4 Å². The zero-order valence-electron chi connectivity index (χ0n) is 16.4. The van der Waals surface area contributed by atoms with E-state index in [4.69, 9.17) is 16.3 Å². The lowest BCUT2D eigenvalue weighted by atomic mass is 10.1. The molecular formula is C21H22ClN3O3S. The molecule has 3 rings (SSSR count). The van der Waals surface area contributed by atoms with Crippen LogP contribution in [0.25, 0.3) is 11.0 Å². The maximum absolute atomic E-state index is 12.6. The van der Waals surface area contributed by atoms with Gasteiger partial charge in [0.2, 0.25) is 5.91 Å². The molecule has 0 fully saturated rings. The molecule has 1 amide bonds. The van der Waals surface area contributed by atoms with Gasteiger partial charge in [-0.1, -0.05) is 23.4 Å². The molecule has 8 heteroatoms. The summed E-state index contributed by atoms with van der Waals surface area (Å²) in [5.74, 6) is -0.157. The first-order chi connectivity index (χ1) is 13.9. The predicted molar refractivity (Wildman–Crippen MR) is 117 cm³/mol. The summed E-state index contributed by atoms with van der Waals surface area (Å²) >= 11 is 7.47. The molecule has 1 unspecified atom stereocenters. The molecule has 2 aromatic carbocycles. The van der Waals surface area contributed by atoms with Crippen LogP contribution in [0, 0.1) is 0 Å². The van der Waals surface area contributed by atoms with Gasteiger partial charge in [-0.2, -0.15) is 0 Å². The summed E-state index contributed by atoms with van der Waals surface area (Å²) < 4.78 is 7.25. The van der Waals surface area contributed by atoms with Gasteiger partial charge < -0.3 is 14.6 Å². The molecule has 0 saturated carbocycles. The standard InChI is InChI=1S/C21H22ClN3O3S/c1-13(26)15-4-7-17(8-5-15)23-20(27)14(2)29-21-24-18-12-16(22)6-9-19(18)25(21)10-11-28-3/h4-9,12,14H,10-11H2,1-3H3,(H,23,27). The number of rotatable bonds is 8. The lowest BCUT2D eigenvalue weighted by Crippen LogP contribution is -2.23. The van der Waals surface area contributed by atoms with Crippen molar-refractivity contribution in [2.75, 3.05) is 19.0 Å². The molecule has 0 radical (unpaired) electrons. The van der Waals surface area contributed by atoms with E-state index in [2.05, 4.69) is 10.3 Å². The van der Waals surface area contributed by atoms with Crippen LogP contribution < -0.4 is 5.32 Å². The first kappa shape index (κ1) is 21.4. The van der Waals surface area contributed by atoms with Crippen LogP contribution in [0.3, 0.4) is 0 Å². The van der Waals surface area contributed by atoms with Gasteiger partial charge in [0.15, 0.2) is 10.9 Å². The highest BCUT2D eigenvalue weighted by molar-refractivity contribution is 8.00. The number of Topliss-reactive ketones (excluding diaryl/α,β-unsaturated/α-hetero) is 1. The number of carbonyl (C=O) groups is 2. The number of benzene rings is 2. The Morgan fingerprint density at radius 1 is 1.24 bits per heavy atom. The van der Waals surface area contributed by atoms with Crippen molar-refractivity contribution in [2.24, 2.45) is 0 Å². The molecule has 0 bridgehead atoms. The number of hydrogen-bond donors (Lipinski definition) is 1. The molecule has 1 heterocycles. The third-order valence-corrected chi connectivity index (χ3v) is 5.73. The van der Waals surface area contributed by atoms with Gasteiger partial charge in [0.05, 0.1) is 22.9 Å². The van der Waals surface area contributed by atoms with Crippen LogP contribution in [0.4, 0.5) is 5.69 Å². The van der Waals surface area contributed by atoms with Crippen LogP contribution in [0.5, 0.6) is 0 Å². The summed E-state index contributed by atoms with van der Waals surface area (Å²) in [6.07, 6.45) is 0. The van der Waals surface area contributed by atoms with Crippen LogP contribution in [0.2, 0.25) is 5.02 Å². The smallest absolute Gasteiger partial charge is 0.237 e. The number of aromatic nitrogens is 2. The third kappa shape index (κ3) is 5.18. The summed E-state index contributed by atoms with van der Waals surface area (Å²) in [5.41, 5.74) is 2.98. The van der Waals surface area contributed by atoms with Crippen LogP contribution in [0.15, 0.2) is 47.6 Å². The van der Waals surface area contributed by atoms with Gasteiger partial charge in [0.1, 0.15) is 0 Å². The molecule has 6 nitrogen and oxygen atoms in total. The summed E-state index contributed by atoms with van der Waals surface area (Å²) in [4.78, 5) is 28.7. The zero-order chi connectivity index (χ0) is 21.0. The second-order valence-corrected chi connectivity index (χ2v) is 8.30. The summed E-state index contributed by atoms with van der Waals surface area (Å²) in [6, 6.07) is 12.4. The molecule has 0 aliphatic carbocycles. The van der Waals surface area contributed by atoms with E-state index in [1.807, 2.05) is 29.7 Å². The number of ketones is 1. The Morgan fingerprint density at radius 2 is 1.97 bits per heavy atom. The maximum atomic E-state index is 12.6. The second kappa shape index (κ2) is 9.43. The fourth-order valence-corrected chi connectivity index (χ4v) is 3.93. The normalized spacial score (nSPS) is 12.1. The Morgan fingerprint density at radius 3 is 2.62 bits per heavy atom. The van der Waals surface area contributed by atoms with E-state index in [0.29, 0.717) is 29.4 Å². The lowest BCUT2D eigenvalue weighted by molar-refractivity contribution is -0.115. The largest absolute Gasteiger partial charge is 0.383 e. The monoisotopic (exact) mass is 431 g/mol. The van der Waals surface area contributed by atoms with Crippen molar-refractivity contribution < 1.29 is 14.3 Å². The molecular weight excluding hydrogens is 410 g/mol. The lowest BCUT2D eigenvalue weighted by Gasteiger charge is -2.13. The molecule has 29 heavy (non-hydrogen) atoms. The van der Waals surface area contributed by atoms with Gasteiger partial charge >= 0.3 is 0 Å². The topological polar surface area (TPSA) is 73.2 Å². The quantitative estimate of drug-likeness (QED) is 0.415. The number of halogens is 1. The average Bonchev–Trinajstić information content (AvgIpc) is 3.02. The fraction of sp³-hybridized carbons (Fsp3) is 0.286. The number of ether oxygens (including phenoxy) is 1. The van der Waals surface area contributed by atoms with Gasteiger partial charge in [0.25, 0.3) is 0 Å². The molecule has 0 saturated heterocycles. The van der Waals surface area contributed by atoms with Crippen LogP contribution in [0.1, 0.15) is 24.2 Å².